The van der Waals surface area contributed by atoms with Crippen LogP contribution in [0.1, 0.15) is 24.1 Å². The van der Waals surface area contributed by atoms with Crippen LogP contribution in [0.25, 0.3) is 0 Å². The summed E-state index contributed by atoms with van der Waals surface area (Å²) in [5.41, 5.74) is 1.76. The number of methoxy groups -OCH3 is 1. The smallest absolute Gasteiger partial charge is 0.312 e. The molecule has 2 aromatic rings. The summed E-state index contributed by atoms with van der Waals surface area (Å²) in [7, 11) is -2.39. The summed E-state index contributed by atoms with van der Waals surface area (Å²) in [5.74, 6) is -0.857. The topological polar surface area (TPSA) is 72.5 Å². The number of nitrogens with one attached hydrogen (secondary N) is 1. The average molecular weight is 373 g/mol. The molecule has 0 amide bonds. The van der Waals surface area contributed by atoms with Crippen molar-refractivity contribution < 1.29 is 17.9 Å². The van der Waals surface area contributed by atoms with Gasteiger partial charge in [0.05, 0.1) is 24.0 Å². The van der Waals surface area contributed by atoms with Crippen molar-refractivity contribution in [2.24, 2.45) is 5.92 Å². The normalized spacial score (nSPS) is 14.1. The summed E-state index contributed by atoms with van der Waals surface area (Å²) >= 11 is 0. The van der Waals surface area contributed by atoms with Crippen LogP contribution in [0.3, 0.4) is 0 Å². The Balaban J connectivity index is 2.31. The maximum atomic E-state index is 12.7. The van der Waals surface area contributed by atoms with E-state index in [1.54, 1.807) is 43.3 Å². The molecule has 2 rings (SSSR count). The van der Waals surface area contributed by atoms with Gasteiger partial charge in [-0.2, -0.15) is 4.72 Å². The molecule has 0 heterocycles. The number of hydrogen-bond donors (Lipinski definition) is 1. The van der Waals surface area contributed by atoms with Gasteiger partial charge in [-0.25, -0.2) is 8.42 Å². The molecule has 0 saturated heterocycles. The first-order chi connectivity index (χ1) is 12.3. The maximum Gasteiger partial charge on any atom is 0.312 e. The summed E-state index contributed by atoms with van der Waals surface area (Å²) in [5, 5.41) is 0. The van der Waals surface area contributed by atoms with Gasteiger partial charge in [0.25, 0.3) is 0 Å². The highest BCUT2D eigenvalue weighted by Crippen LogP contribution is 2.20. The second-order valence-corrected chi connectivity index (χ2v) is 7.73. The molecule has 0 saturated carbocycles. The molecule has 2 atom stereocenters. The predicted octanol–water partition coefficient (Wildman–Crippen LogP) is 3.38. The third-order valence-electron chi connectivity index (χ3n) is 3.94. The van der Waals surface area contributed by atoms with Crippen molar-refractivity contribution in [2.75, 3.05) is 7.11 Å². The van der Waals surface area contributed by atoms with E-state index in [1.165, 1.54) is 7.11 Å². The first kappa shape index (κ1) is 19.9. The SMILES string of the molecule is COC(=O)[C@H](C)/C=C/[C@H](NS(=O)(=O)c1ccc(C)cc1)c1ccccc1. The molecule has 0 aromatic heterocycles. The molecule has 26 heavy (non-hydrogen) atoms. The Bertz CT molecular complexity index is 858. The van der Waals surface area contributed by atoms with E-state index >= 15 is 0 Å². The van der Waals surface area contributed by atoms with Crippen molar-refractivity contribution in [1.29, 1.82) is 0 Å². The first-order valence-corrected chi connectivity index (χ1v) is 9.72. The Morgan fingerprint density at radius 3 is 2.23 bits per heavy atom. The highest BCUT2D eigenvalue weighted by molar-refractivity contribution is 7.89. The number of hydrogen-bond acceptors (Lipinski definition) is 4. The molecule has 1 N–H and O–H groups in total. The maximum absolute atomic E-state index is 12.7. The van der Waals surface area contributed by atoms with Gasteiger partial charge in [0.15, 0.2) is 0 Å². The lowest BCUT2D eigenvalue weighted by Gasteiger charge is -2.17. The van der Waals surface area contributed by atoms with E-state index in [0.29, 0.717) is 0 Å². The first-order valence-electron chi connectivity index (χ1n) is 8.23. The highest BCUT2D eigenvalue weighted by Gasteiger charge is 2.20. The van der Waals surface area contributed by atoms with Crippen LogP contribution in [0.5, 0.6) is 0 Å². The number of carbonyl (C=O) groups is 1. The third kappa shape index (κ3) is 5.28. The van der Waals surface area contributed by atoms with E-state index in [0.717, 1.165) is 11.1 Å². The van der Waals surface area contributed by atoms with E-state index in [2.05, 4.69) is 4.72 Å². The largest absolute Gasteiger partial charge is 0.469 e. The van der Waals surface area contributed by atoms with Crippen molar-refractivity contribution in [1.82, 2.24) is 4.72 Å². The minimum atomic E-state index is -3.72. The molecule has 0 aliphatic heterocycles. The number of ether oxygens (including phenoxy) is 1. The van der Waals surface area contributed by atoms with Gasteiger partial charge < -0.3 is 4.74 Å². The zero-order valence-electron chi connectivity index (χ0n) is 15.0. The van der Waals surface area contributed by atoms with Crippen molar-refractivity contribution >= 4 is 16.0 Å². The minimum absolute atomic E-state index is 0.193. The van der Waals surface area contributed by atoms with Gasteiger partial charge in [0.1, 0.15) is 0 Å². The molecule has 0 unspecified atom stereocenters. The predicted molar refractivity (Wildman–Crippen MR) is 101 cm³/mol. The number of benzene rings is 2. The van der Waals surface area contributed by atoms with Crippen LogP contribution in [0.2, 0.25) is 0 Å². The Hall–Kier alpha value is -2.44. The lowest BCUT2D eigenvalue weighted by molar-refractivity contribution is -0.143. The van der Waals surface area contributed by atoms with Crippen molar-refractivity contribution in [3.05, 3.63) is 77.9 Å². The standard InChI is InChI=1S/C20H23NO4S/c1-15-9-12-18(13-10-15)26(23,24)21-19(17-7-5-4-6-8-17)14-11-16(2)20(22)25-3/h4-14,16,19,21H,1-3H3/b14-11+/t16-,19+/m1/s1. The highest BCUT2D eigenvalue weighted by atomic mass is 32.2. The molecule has 138 valence electrons. The molecule has 0 radical (unpaired) electrons. The summed E-state index contributed by atoms with van der Waals surface area (Å²) < 4.78 is 32.8. The molecule has 0 aliphatic carbocycles. The number of sulfonamides is 1. The average Bonchev–Trinajstić information content (AvgIpc) is 2.65. The summed E-state index contributed by atoms with van der Waals surface area (Å²) in [6.07, 6.45) is 3.31. The molecular formula is C20H23NO4S. The third-order valence-corrected chi connectivity index (χ3v) is 5.39. The fourth-order valence-corrected chi connectivity index (χ4v) is 3.55. The van der Waals surface area contributed by atoms with E-state index in [1.807, 2.05) is 37.3 Å². The van der Waals surface area contributed by atoms with E-state index in [-0.39, 0.29) is 10.9 Å². The number of esters is 1. The van der Waals surface area contributed by atoms with Crippen LogP contribution >= 0.6 is 0 Å². The molecule has 0 fully saturated rings. The van der Waals surface area contributed by atoms with Crippen LogP contribution in [-0.2, 0) is 19.6 Å². The van der Waals surface area contributed by atoms with Crippen molar-refractivity contribution in [3.63, 3.8) is 0 Å². The van der Waals surface area contributed by atoms with Crippen LogP contribution in [0, 0.1) is 12.8 Å². The number of aryl methyl sites for hydroxylation is 1. The Labute approximate surface area is 154 Å². The van der Waals surface area contributed by atoms with E-state index in [4.69, 9.17) is 4.74 Å². The lowest BCUT2D eigenvalue weighted by Crippen LogP contribution is -2.28. The van der Waals surface area contributed by atoms with Gasteiger partial charge in [-0.15, -0.1) is 0 Å². The van der Waals surface area contributed by atoms with Gasteiger partial charge in [-0.1, -0.05) is 60.2 Å². The van der Waals surface area contributed by atoms with Crippen LogP contribution in [0.15, 0.2) is 71.6 Å². The van der Waals surface area contributed by atoms with Gasteiger partial charge in [0.2, 0.25) is 10.0 Å². The molecule has 6 heteroatoms. The monoisotopic (exact) mass is 373 g/mol. The summed E-state index contributed by atoms with van der Waals surface area (Å²) in [6.45, 7) is 3.59. The minimum Gasteiger partial charge on any atom is -0.469 e. The Morgan fingerprint density at radius 1 is 1.04 bits per heavy atom. The van der Waals surface area contributed by atoms with Crippen LogP contribution in [-0.4, -0.2) is 21.5 Å². The zero-order chi connectivity index (χ0) is 19.2. The quantitative estimate of drug-likeness (QED) is 0.596. The lowest BCUT2D eigenvalue weighted by atomic mass is 10.0. The molecule has 0 aliphatic rings. The number of rotatable bonds is 7. The fraction of sp³-hybridized carbons (Fsp3) is 0.250. The molecule has 2 aromatic carbocycles. The zero-order valence-corrected chi connectivity index (χ0v) is 15.9. The molecule has 0 spiro atoms. The van der Waals surface area contributed by atoms with Crippen molar-refractivity contribution in [2.45, 2.75) is 24.8 Å². The summed E-state index contributed by atoms with van der Waals surface area (Å²) in [4.78, 5) is 11.8. The van der Waals surface area contributed by atoms with E-state index in [9.17, 15) is 13.2 Å². The fourth-order valence-electron chi connectivity index (χ4n) is 2.37. The molecule has 5 nitrogen and oxygen atoms in total. The Kier molecular flexibility index (Phi) is 6.71. The van der Waals surface area contributed by atoms with Crippen molar-refractivity contribution in [3.8, 4) is 0 Å². The summed E-state index contributed by atoms with van der Waals surface area (Å²) in [6, 6.07) is 15.2. The molecular weight excluding hydrogens is 350 g/mol. The Morgan fingerprint density at radius 2 is 1.65 bits per heavy atom. The van der Waals surface area contributed by atoms with Gasteiger partial charge in [0, 0.05) is 0 Å². The van der Waals surface area contributed by atoms with Gasteiger partial charge in [-0.3, -0.25) is 4.79 Å². The second kappa shape index (κ2) is 8.78. The van der Waals surface area contributed by atoms with Crippen LogP contribution < -0.4 is 4.72 Å². The number of carbonyl (C=O) groups excluding carboxylic acids is 1. The molecule has 0 bridgehead atoms. The van der Waals surface area contributed by atoms with Gasteiger partial charge >= 0.3 is 5.97 Å². The van der Waals surface area contributed by atoms with Crippen LogP contribution in [0.4, 0.5) is 0 Å². The second-order valence-electron chi connectivity index (χ2n) is 6.02. The van der Waals surface area contributed by atoms with Gasteiger partial charge in [-0.05, 0) is 31.5 Å². The van der Waals surface area contributed by atoms with E-state index < -0.39 is 22.0 Å².